The van der Waals surface area contributed by atoms with E-state index in [2.05, 4.69) is 0 Å². The lowest BCUT2D eigenvalue weighted by molar-refractivity contribution is -0.144. The van der Waals surface area contributed by atoms with Crippen LogP contribution < -0.4 is 0 Å². The predicted molar refractivity (Wildman–Crippen MR) is 80.3 cm³/mol. The average molecular weight is 341 g/mol. The van der Waals surface area contributed by atoms with Gasteiger partial charge in [-0.2, -0.15) is 13.2 Å². The summed E-state index contributed by atoms with van der Waals surface area (Å²) in [6.07, 6.45) is -3.77. The van der Waals surface area contributed by atoms with Gasteiger partial charge in [0.15, 0.2) is 0 Å². The van der Waals surface area contributed by atoms with E-state index in [9.17, 15) is 23.1 Å². The number of carbonyl (C=O) groups is 1. The van der Waals surface area contributed by atoms with Crippen LogP contribution in [0.25, 0.3) is 0 Å². The molecule has 0 bridgehead atoms. The van der Waals surface area contributed by atoms with Gasteiger partial charge in [-0.15, -0.1) is 11.3 Å². The van der Waals surface area contributed by atoms with E-state index in [4.69, 9.17) is 0 Å². The number of fused-ring (bicyclic) bond motifs is 1. The van der Waals surface area contributed by atoms with Crippen molar-refractivity contribution in [3.8, 4) is 0 Å². The average Bonchev–Trinajstić information content (AvgIpc) is 2.94. The molecule has 1 N–H and O–H groups in total. The van der Waals surface area contributed by atoms with Crippen LogP contribution in [0.5, 0.6) is 0 Å². The highest BCUT2D eigenvalue weighted by molar-refractivity contribution is 7.10. The molecule has 0 saturated heterocycles. The van der Waals surface area contributed by atoms with Gasteiger partial charge >= 0.3 is 12.1 Å². The van der Waals surface area contributed by atoms with Gasteiger partial charge in [0.05, 0.1) is 5.56 Å². The molecule has 2 aromatic rings. The minimum atomic E-state index is -4.48. The maximum atomic E-state index is 12.9. The van der Waals surface area contributed by atoms with Crippen molar-refractivity contribution in [1.29, 1.82) is 0 Å². The fourth-order valence-corrected chi connectivity index (χ4v) is 3.78. The Balaban J connectivity index is 1.93. The Morgan fingerprint density at radius 2 is 2.09 bits per heavy atom. The predicted octanol–water partition coefficient (Wildman–Crippen LogP) is 3.95. The Morgan fingerprint density at radius 1 is 1.30 bits per heavy atom. The topological polar surface area (TPSA) is 40.5 Å². The lowest BCUT2D eigenvalue weighted by Gasteiger charge is -2.32. The number of benzene rings is 1. The molecular weight excluding hydrogens is 327 g/mol. The molecule has 122 valence electrons. The van der Waals surface area contributed by atoms with Crippen molar-refractivity contribution in [2.75, 3.05) is 6.54 Å². The largest absolute Gasteiger partial charge is 0.480 e. The molecule has 3 nitrogen and oxygen atoms in total. The number of thiophene rings is 1. The molecule has 0 saturated carbocycles. The number of hydrogen-bond donors (Lipinski definition) is 1. The summed E-state index contributed by atoms with van der Waals surface area (Å²) in [5, 5.41) is 11.5. The molecule has 0 fully saturated rings. The van der Waals surface area contributed by atoms with E-state index in [1.165, 1.54) is 17.0 Å². The number of nitrogens with zero attached hydrogens (tertiary/aromatic N) is 1. The zero-order chi connectivity index (χ0) is 16.6. The quantitative estimate of drug-likeness (QED) is 0.919. The Labute approximate surface area is 135 Å². The van der Waals surface area contributed by atoms with Crippen molar-refractivity contribution in [1.82, 2.24) is 4.90 Å². The Bertz CT molecular complexity index is 726. The summed E-state index contributed by atoms with van der Waals surface area (Å²) in [6.45, 7) is 0.951. The molecule has 0 spiro atoms. The molecule has 23 heavy (non-hydrogen) atoms. The van der Waals surface area contributed by atoms with E-state index in [0.717, 1.165) is 24.1 Å². The molecule has 1 aromatic carbocycles. The smallest absolute Gasteiger partial charge is 0.416 e. The van der Waals surface area contributed by atoms with Gasteiger partial charge in [-0.25, -0.2) is 0 Å². The molecule has 1 aliphatic rings. The highest BCUT2D eigenvalue weighted by atomic mass is 32.1. The highest BCUT2D eigenvalue weighted by Crippen LogP contribution is 2.34. The van der Waals surface area contributed by atoms with Crippen LogP contribution >= 0.6 is 11.3 Å². The highest BCUT2D eigenvalue weighted by Gasteiger charge is 2.34. The first-order valence-electron chi connectivity index (χ1n) is 7.05. The molecule has 1 atom stereocenters. The number of carboxylic acids is 1. The van der Waals surface area contributed by atoms with Crippen LogP contribution in [-0.4, -0.2) is 22.5 Å². The molecular formula is C16H14F3NO2S. The van der Waals surface area contributed by atoms with Gasteiger partial charge in [0.1, 0.15) is 6.04 Å². The second-order valence-electron chi connectivity index (χ2n) is 5.45. The second kappa shape index (κ2) is 5.98. The van der Waals surface area contributed by atoms with E-state index < -0.39 is 23.8 Å². The molecule has 7 heteroatoms. The summed E-state index contributed by atoms with van der Waals surface area (Å²) < 4.78 is 38.6. The minimum absolute atomic E-state index is 0.158. The molecule has 0 radical (unpaired) electrons. The molecule has 3 rings (SSSR count). The van der Waals surface area contributed by atoms with Crippen molar-refractivity contribution in [3.05, 3.63) is 57.3 Å². The van der Waals surface area contributed by atoms with E-state index in [0.29, 0.717) is 13.1 Å². The van der Waals surface area contributed by atoms with Gasteiger partial charge in [-0.3, -0.25) is 9.69 Å². The minimum Gasteiger partial charge on any atom is -0.480 e. The number of rotatable bonds is 3. The van der Waals surface area contributed by atoms with Gasteiger partial charge < -0.3 is 5.11 Å². The number of alkyl halides is 3. The SMILES string of the molecule is O=C(O)C(c1cccc(C(F)(F)F)c1)N1CCc2sccc2C1. The van der Waals surface area contributed by atoms with Crippen LogP contribution in [0.1, 0.15) is 27.6 Å². The van der Waals surface area contributed by atoms with Crippen molar-refractivity contribution in [3.63, 3.8) is 0 Å². The Morgan fingerprint density at radius 3 is 2.78 bits per heavy atom. The van der Waals surface area contributed by atoms with Gasteiger partial charge in [0.2, 0.25) is 0 Å². The third-order valence-electron chi connectivity index (χ3n) is 3.97. The van der Waals surface area contributed by atoms with Crippen LogP contribution in [0.2, 0.25) is 0 Å². The van der Waals surface area contributed by atoms with E-state index in [1.54, 1.807) is 16.2 Å². The lowest BCUT2D eigenvalue weighted by Crippen LogP contribution is -2.37. The Hall–Kier alpha value is -1.86. The van der Waals surface area contributed by atoms with Gasteiger partial charge in [0.25, 0.3) is 0 Å². The van der Waals surface area contributed by atoms with E-state index >= 15 is 0 Å². The molecule has 1 unspecified atom stereocenters. The number of carboxylic acid groups (broad SMARTS) is 1. The number of hydrogen-bond acceptors (Lipinski definition) is 3. The van der Waals surface area contributed by atoms with Crippen LogP contribution in [0.4, 0.5) is 13.2 Å². The first-order valence-corrected chi connectivity index (χ1v) is 7.93. The van der Waals surface area contributed by atoms with Gasteiger partial charge in [0, 0.05) is 18.0 Å². The zero-order valence-electron chi connectivity index (χ0n) is 12.0. The first kappa shape index (κ1) is 16.0. The van der Waals surface area contributed by atoms with Crippen LogP contribution in [0.3, 0.4) is 0 Å². The van der Waals surface area contributed by atoms with Crippen molar-refractivity contribution < 1.29 is 23.1 Å². The molecule has 1 aromatic heterocycles. The summed E-state index contributed by atoms with van der Waals surface area (Å²) in [5.74, 6) is -1.14. The summed E-state index contributed by atoms with van der Waals surface area (Å²) in [4.78, 5) is 14.6. The van der Waals surface area contributed by atoms with E-state index in [1.807, 2.05) is 11.4 Å². The third kappa shape index (κ3) is 3.25. The lowest BCUT2D eigenvalue weighted by atomic mass is 9.99. The van der Waals surface area contributed by atoms with Gasteiger partial charge in [-0.1, -0.05) is 12.1 Å². The van der Waals surface area contributed by atoms with Crippen LogP contribution in [0.15, 0.2) is 35.7 Å². The van der Waals surface area contributed by atoms with Crippen LogP contribution in [-0.2, 0) is 23.9 Å². The maximum absolute atomic E-state index is 12.9. The third-order valence-corrected chi connectivity index (χ3v) is 4.99. The summed E-state index contributed by atoms with van der Waals surface area (Å²) >= 11 is 1.63. The molecule has 0 aliphatic carbocycles. The number of aliphatic carboxylic acids is 1. The van der Waals surface area contributed by atoms with Crippen molar-refractivity contribution in [2.45, 2.75) is 25.2 Å². The maximum Gasteiger partial charge on any atom is 0.416 e. The number of halogens is 3. The standard InChI is InChI=1S/C16H14F3NO2S/c17-16(18,19)12-3-1-2-10(8-12)14(15(21)22)20-6-4-13-11(9-20)5-7-23-13/h1-3,5,7-8,14H,4,6,9H2,(H,21,22). The monoisotopic (exact) mass is 341 g/mol. The van der Waals surface area contributed by atoms with Gasteiger partial charge in [-0.05, 0) is 41.1 Å². The van der Waals surface area contributed by atoms with Crippen molar-refractivity contribution in [2.24, 2.45) is 0 Å². The molecule has 0 amide bonds. The fourth-order valence-electron chi connectivity index (χ4n) is 2.89. The second-order valence-corrected chi connectivity index (χ2v) is 6.45. The zero-order valence-corrected chi connectivity index (χ0v) is 12.8. The summed E-state index contributed by atoms with van der Waals surface area (Å²) in [5.41, 5.74) is 0.389. The van der Waals surface area contributed by atoms with Crippen LogP contribution in [0, 0.1) is 0 Å². The Kier molecular flexibility index (Phi) is 4.16. The molecule has 2 heterocycles. The first-order chi connectivity index (χ1) is 10.9. The van der Waals surface area contributed by atoms with Crippen molar-refractivity contribution >= 4 is 17.3 Å². The summed E-state index contributed by atoms with van der Waals surface area (Å²) in [6, 6.07) is 5.45. The summed E-state index contributed by atoms with van der Waals surface area (Å²) in [7, 11) is 0. The fraction of sp³-hybridized carbons (Fsp3) is 0.312. The van der Waals surface area contributed by atoms with E-state index in [-0.39, 0.29) is 5.56 Å². The normalized spacial score (nSPS) is 16.8. The molecule has 1 aliphatic heterocycles.